The summed E-state index contributed by atoms with van der Waals surface area (Å²) in [7, 11) is -6.35. The fourth-order valence-electron chi connectivity index (χ4n) is 1.25. The summed E-state index contributed by atoms with van der Waals surface area (Å²) in [4.78, 5) is 1.36. The maximum atomic E-state index is 10.9. The van der Waals surface area contributed by atoms with Crippen LogP contribution >= 0.6 is 0 Å². The Morgan fingerprint density at radius 1 is 1.25 bits per heavy atom. The van der Waals surface area contributed by atoms with Gasteiger partial charge in [0, 0.05) is 6.54 Å². The Morgan fingerprint density at radius 2 is 1.62 bits per heavy atom. The fourth-order valence-corrected chi connectivity index (χ4v) is 3.56. The molecule has 92 valence electrons. The number of rotatable bonds is 5. The Balaban J connectivity index is 0. The Morgan fingerprint density at radius 3 is 1.81 bits per heavy atom. The molecule has 0 saturated heterocycles. The van der Waals surface area contributed by atoms with Crippen molar-refractivity contribution in [2.24, 2.45) is 0 Å². The van der Waals surface area contributed by atoms with Crippen molar-refractivity contribution >= 4 is 20.2 Å². The smallest absolute Gasteiger partial charge is 0.747 e. The van der Waals surface area contributed by atoms with Crippen LogP contribution in [0, 0.1) is 0 Å². The van der Waals surface area contributed by atoms with Gasteiger partial charge >= 0.3 is 29.6 Å². The summed E-state index contributed by atoms with van der Waals surface area (Å²) in [5.74, 6) is -1.11. The molecule has 0 bridgehead atoms. The van der Waals surface area contributed by atoms with Gasteiger partial charge in [-0.25, -0.2) is 8.42 Å². The van der Waals surface area contributed by atoms with Crippen molar-refractivity contribution in [1.29, 1.82) is 0 Å². The van der Waals surface area contributed by atoms with E-state index in [9.17, 15) is 21.4 Å². The van der Waals surface area contributed by atoms with Crippen molar-refractivity contribution in [1.82, 2.24) is 4.90 Å². The van der Waals surface area contributed by atoms with Gasteiger partial charge in [0.2, 0.25) is 0 Å². The van der Waals surface area contributed by atoms with Crippen LogP contribution < -0.4 is 29.6 Å². The number of hydrogen-bond acceptors (Lipinski definition) is 6. The Hall–Kier alpha value is 0.780. The number of hydrogen-bond donors (Lipinski definition) is 1. The molecule has 0 amide bonds. The van der Waals surface area contributed by atoms with Crippen molar-refractivity contribution in [3.8, 4) is 0 Å². The molecule has 0 aliphatic heterocycles. The minimum atomic E-state index is -4.82. The van der Waals surface area contributed by atoms with E-state index < -0.39 is 30.7 Å². The summed E-state index contributed by atoms with van der Waals surface area (Å²) in [6, 6.07) is 0. The maximum Gasteiger partial charge on any atom is 1.00 e. The van der Waals surface area contributed by atoms with E-state index in [2.05, 4.69) is 0 Å². The van der Waals surface area contributed by atoms with Crippen LogP contribution in [0.25, 0.3) is 0 Å². The molecule has 1 unspecified atom stereocenters. The Bertz CT molecular complexity index is 416. The number of nitrogens with zero attached hydrogens (tertiary/aromatic N) is 1. The molecule has 1 N–H and O–H groups in total. The van der Waals surface area contributed by atoms with Gasteiger partial charge < -0.3 is 9.45 Å². The van der Waals surface area contributed by atoms with Crippen molar-refractivity contribution in [2.45, 2.75) is 11.7 Å². The van der Waals surface area contributed by atoms with Crippen LogP contribution in [0.5, 0.6) is 0 Å². The standard InChI is InChI=1S/C6H15NO6S2.Na/c1-6(4-7(2)3,15(11,12)13)5-14(8,9)10;/h4-5H2,1-3H3,(H,8,9,10)(H,11,12,13);/q;+1/p-1. The summed E-state index contributed by atoms with van der Waals surface area (Å²) < 4.78 is 60.5. The third-order valence-electron chi connectivity index (χ3n) is 1.74. The van der Waals surface area contributed by atoms with Gasteiger partial charge in [-0.1, -0.05) is 0 Å². The van der Waals surface area contributed by atoms with Crippen LogP contribution in [-0.4, -0.2) is 62.0 Å². The van der Waals surface area contributed by atoms with Crippen LogP contribution in [0.15, 0.2) is 0 Å². The van der Waals surface area contributed by atoms with Crippen molar-refractivity contribution in [3.63, 3.8) is 0 Å². The van der Waals surface area contributed by atoms with E-state index in [1.165, 1.54) is 19.0 Å². The molecule has 0 aromatic rings. The average molecular weight is 283 g/mol. The van der Waals surface area contributed by atoms with Gasteiger partial charge in [0.1, 0.15) is 10.1 Å². The third kappa shape index (κ3) is 6.50. The molecule has 0 spiro atoms. The third-order valence-corrected chi connectivity index (χ3v) is 4.41. The summed E-state index contributed by atoms with van der Waals surface area (Å²) in [6.45, 7) is 0.710. The van der Waals surface area contributed by atoms with Crippen LogP contribution in [0.2, 0.25) is 0 Å². The molecule has 0 rings (SSSR count). The van der Waals surface area contributed by atoms with E-state index in [1.807, 2.05) is 0 Å². The second kappa shape index (κ2) is 6.10. The molecule has 0 fully saturated rings. The van der Waals surface area contributed by atoms with Crippen molar-refractivity contribution in [3.05, 3.63) is 0 Å². The molecule has 0 aliphatic rings. The topological polar surface area (TPSA) is 115 Å². The quantitative estimate of drug-likeness (QED) is 0.401. The molecule has 1 atom stereocenters. The average Bonchev–Trinajstić information content (AvgIpc) is 1.75. The van der Waals surface area contributed by atoms with Gasteiger partial charge in [0.15, 0.2) is 0 Å². The molecule has 0 aliphatic carbocycles. The first-order chi connectivity index (χ1) is 6.37. The second-order valence-electron chi connectivity index (χ2n) is 3.87. The van der Waals surface area contributed by atoms with Crippen LogP contribution in [0.1, 0.15) is 6.92 Å². The van der Waals surface area contributed by atoms with E-state index in [1.54, 1.807) is 0 Å². The van der Waals surface area contributed by atoms with Crippen LogP contribution in [0.4, 0.5) is 0 Å². The molecule has 0 aromatic carbocycles. The zero-order chi connectivity index (χ0) is 12.5. The zero-order valence-corrected chi connectivity index (χ0v) is 13.3. The summed E-state index contributed by atoms with van der Waals surface area (Å²) in [5, 5.41) is 0. The molecule has 0 heterocycles. The van der Waals surface area contributed by atoms with E-state index in [0.29, 0.717) is 0 Å². The zero-order valence-electron chi connectivity index (χ0n) is 9.67. The predicted molar refractivity (Wildman–Crippen MR) is 53.1 cm³/mol. The first-order valence-electron chi connectivity index (χ1n) is 3.93. The molecule has 0 aromatic heterocycles. The van der Waals surface area contributed by atoms with Gasteiger partial charge in [-0.15, -0.1) is 0 Å². The molecule has 16 heavy (non-hydrogen) atoms. The second-order valence-corrected chi connectivity index (χ2v) is 7.21. The fraction of sp³-hybridized carbons (Fsp3) is 1.00. The Labute approximate surface area is 118 Å². The van der Waals surface area contributed by atoms with E-state index in [4.69, 9.17) is 4.55 Å². The Kier molecular flexibility index (Phi) is 7.29. The summed E-state index contributed by atoms with van der Waals surface area (Å²) in [6.07, 6.45) is 0. The van der Waals surface area contributed by atoms with Gasteiger partial charge in [0.25, 0.3) is 10.1 Å². The van der Waals surface area contributed by atoms with E-state index >= 15 is 0 Å². The molecular formula is C6H14NNaO6S2. The van der Waals surface area contributed by atoms with Crippen molar-refractivity contribution < 1.29 is 55.5 Å². The minimum Gasteiger partial charge on any atom is -0.747 e. The summed E-state index contributed by atoms with van der Waals surface area (Å²) >= 11 is 0. The van der Waals surface area contributed by atoms with Crippen LogP contribution in [-0.2, 0) is 20.2 Å². The SMILES string of the molecule is CN(C)CC(C)(CS(=O)(=O)O)S(=O)(=O)[O-].[Na+]. The molecular weight excluding hydrogens is 269 g/mol. The van der Waals surface area contributed by atoms with E-state index in [0.717, 1.165) is 6.92 Å². The first kappa shape index (κ1) is 19.1. The predicted octanol–water partition coefficient (Wildman–Crippen LogP) is -4.26. The van der Waals surface area contributed by atoms with Crippen LogP contribution in [0.3, 0.4) is 0 Å². The first-order valence-corrected chi connectivity index (χ1v) is 6.94. The van der Waals surface area contributed by atoms with Gasteiger partial charge in [-0.2, -0.15) is 8.42 Å². The van der Waals surface area contributed by atoms with Gasteiger partial charge in [0.05, 0.1) is 10.5 Å². The van der Waals surface area contributed by atoms with E-state index in [-0.39, 0.29) is 36.1 Å². The van der Waals surface area contributed by atoms with Gasteiger partial charge in [-0.05, 0) is 21.0 Å². The maximum absolute atomic E-state index is 10.9. The summed E-state index contributed by atoms with van der Waals surface area (Å²) in [5.41, 5.74) is 0. The molecule has 7 nitrogen and oxygen atoms in total. The normalized spacial score (nSPS) is 16.6. The minimum absolute atomic E-state index is 0. The molecule has 0 radical (unpaired) electrons. The van der Waals surface area contributed by atoms with Gasteiger partial charge in [-0.3, -0.25) is 4.55 Å². The monoisotopic (exact) mass is 283 g/mol. The largest absolute Gasteiger partial charge is 1.00 e. The van der Waals surface area contributed by atoms with Crippen molar-refractivity contribution in [2.75, 3.05) is 26.4 Å². The molecule has 0 saturated carbocycles. The molecule has 10 heteroatoms.